The summed E-state index contributed by atoms with van der Waals surface area (Å²) in [6.45, 7) is 0. The summed E-state index contributed by atoms with van der Waals surface area (Å²) in [5.74, 6) is 0.937. The third-order valence-electron chi connectivity index (χ3n) is 4.67. The third kappa shape index (κ3) is 4.73. The van der Waals surface area contributed by atoms with Crippen LogP contribution < -0.4 is 20.4 Å². The molecule has 2 aromatic carbocycles. The second-order valence-electron chi connectivity index (χ2n) is 6.67. The summed E-state index contributed by atoms with van der Waals surface area (Å²) < 4.78 is 16.9. The molecule has 0 spiro atoms. The minimum Gasteiger partial charge on any atom is -0.495 e. The van der Waals surface area contributed by atoms with Crippen molar-refractivity contribution in [1.82, 2.24) is 4.98 Å². The van der Waals surface area contributed by atoms with Gasteiger partial charge in [-0.25, -0.2) is 9.78 Å². The van der Waals surface area contributed by atoms with Gasteiger partial charge in [-0.2, -0.15) is 5.26 Å². The zero-order valence-corrected chi connectivity index (χ0v) is 20.5. The smallest absolute Gasteiger partial charge is 0.345 e. The maximum Gasteiger partial charge on any atom is 0.345 e. The zero-order valence-electron chi connectivity index (χ0n) is 17.3. The van der Waals surface area contributed by atoms with Crippen molar-refractivity contribution >= 4 is 61.1 Å². The van der Waals surface area contributed by atoms with Crippen LogP contribution in [0.25, 0.3) is 27.8 Å². The average Bonchev–Trinajstić information content (AvgIpc) is 3.29. The molecule has 0 saturated heterocycles. The summed E-state index contributed by atoms with van der Waals surface area (Å²) in [4.78, 5) is 17.0. The van der Waals surface area contributed by atoms with Crippen molar-refractivity contribution in [3.63, 3.8) is 0 Å². The van der Waals surface area contributed by atoms with Crippen molar-refractivity contribution in [2.45, 2.75) is 0 Å². The normalized spacial score (nSPS) is 11.3. The SMILES string of the molecule is COc1cc(N/C=C(\C#N)c2nc(-c3cc4cc(Br)ccc4oc3=O)cs2)c(OC)cc1Cl. The number of benzene rings is 2. The highest BCUT2D eigenvalue weighted by Crippen LogP contribution is 2.36. The van der Waals surface area contributed by atoms with Gasteiger partial charge in [0.15, 0.2) is 0 Å². The average molecular weight is 545 g/mol. The molecule has 2 aromatic heterocycles. The predicted octanol–water partition coefficient (Wildman–Crippen LogP) is 6.33. The Morgan fingerprint density at radius 3 is 2.76 bits per heavy atom. The first-order valence-electron chi connectivity index (χ1n) is 9.41. The number of thiazole rings is 1. The van der Waals surface area contributed by atoms with E-state index >= 15 is 0 Å². The van der Waals surface area contributed by atoms with Crippen LogP contribution in [0.5, 0.6) is 11.5 Å². The van der Waals surface area contributed by atoms with E-state index in [1.807, 2.05) is 6.07 Å². The van der Waals surface area contributed by atoms with E-state index in [9.17, 15) is 10.1 Å². The highest BCUT2D eigenvalue weighted by atomic mass is 79.9. The van der Waals surface area contributed by atoms with E-state index in [0.717, 1.165) is 9.86 Å². The molecular weight excluding hydrogens is 530 g/mol. The van der Waals surface area contributed by atoms with E-state index < -0.39 is 5.63 Å². The van der Waals surface area contributed by atoms with Crippen LogP contribution in [0.15, 0.2) is 61.7 Å². The molecule has 1 N–H and O–H groups in total. The Morgan fingerprint density at radius 1 is 1.24 bits per heavy atom. The fourth-order valence-electron chi connectivity index (χ4n) is 3.06. The van der Waals surface area contributed by atoms with Crippen LogP contribution in [-0.2, 0) is 0 Å². The van der Waals surface area contributed by atoms with Gasteiger partial charge in [-0.3, -0.25) is 0 Å². The number of methoxy groups -OCH3 is 2. The lowest BCUT2D eigenvalue weighted by molar-refractivity contribution is 0.405. The van der Waals surface area contributed by atoms with E-state index in [4.69, 9.17) is 25.5 Å². The number of aromatic nitrogens is 1. The van der Waals surface area contributed by atoms with Crippen LogP contribution in [0.3, 0.4) is 0 Å². The van der Waals surface area contributed by atoms with Gasteiger partial charge >= 0.3 is 5.63 Å². The standard InChI is InChI=1S/C23H15BrClN3O4S/c1-30-20-8-17(21(31-2)7-16(20)25)27-10-13(9-26)22-28-18(11-33-22)15-6-12-5-14(24)3-4-19(12)32-23(15)29/h3-8,10-11,27H,1-2H3/b13-10+. The molecule has 2 heterocycles. The molecule has 0 unspecified atom stereocenters. The molecule has 0 aliphatic rings. The number of anilines is 1. The highest BCUT2D eigenvalue weighted by molar-refractivity contribution is 9.10. The van der Waals surface area contributed by atoms with Crippen LogP contribution in [0.2, 0.25) is 5.02 Å². The number of nitrogens with one attached hydrogen (secondary N) is 1. The van der Waals surface area contributed by atoms with Gasteiger partial charge in [0.25, 0.3) is 0 Å². The van der Waals surface area contributed by atoms with Gasteiger partial charge < -0.3 is 19.2 Å². The first-order valence-corrected chi connectivity index (χ1v) is 11.5. The Labute approximate surface area is 206 Å². The number of nitriles is 1. The molecule has 0 bridgehead atoms. The Bertz CT molecular complexity index is 1490. The monoisotopic (exact) mass is 543 g/mol. The van der Waals surface area contributed by atoms with Crippen LogP contribution >= 0.6 is 38.9 Å². The Kier molecular flexibility index (Phi) is 6.70. The predicted molar refractivity (Wildman–Crippen MR) is 133 cm³/mol. The number of nitrogens with zero attached hydrogens (tertiary/aromatic N) is 2. The Hall–Kier alpha value is -3.32. The molecule has 33 heavy (non-hydrogen) atoms. The molecule has 0 atom stereocenters. The number of hydrogen-bond donors (Lipinski definition) is 1. The Balaban J connectivity index is 1.67. The quantitative estimate of drug-likeness (QED) is 0.224. The molecular formula is C23H15BrClN3O4S. The largest absolute Gasteiger partial charge is 0.495 e. The number of allylic oxidation sites excluding steroid dienone is 1. The van der Waals surface area contributed by atoms with Gasteiger partial charge in [0.1, 0.15) is 33.7 Å². The molecule has 0 fully saturated rings. The maximum absolute atomic E-state index is 12.5. The minimum absolute atomic E-state index is 0.273. The molecule has 0 radical (unpaired) electrons. The Morgan fingerprint density at radius 2 is 2.03 bits per heavy atom. The maximum atomic E-state index is 12.5. The lowest BCUT2D eigenvalue weighted by Crippen LogP contribution is -2.03. The molecule has 7 nitrogen and oxygen atoms in total. The number of ether oxygens (including phenoxy) is 2. The van der Waals surface area contributed by atoms with Crippen molar-refractivity contribution in [2.75, 3.05) is 19.5 Å². The first-order chi connectivity index (χ1) is 15.9. The number of rotatable bonds is 6. The van der Waals surface area contributed by atoms with Gasteiger partial charge in [0, 0.05) is 33.6 Å². The first kappa shape index (κ1) is 22.9. The van der Waals surface area contributed by atoms with Crippen molar-refractivity contribution in [3.8, 4) is 28.8 Å². The van der Waals surface area contributed by atoms with Crippen molar-refractivity contribution in [2.24, 2.45) is 0 Å². The third-order valence-corrected chi connectivity index (χ3v) is 6.34. The number of halogens is 2. The second kappa shape index (κ2) is 9.67. The van der Waals surface area contributed by atoms with Gasteiger partial charge in [-0.05, 0) is 24.3 Å². The summed E-state index contributed by atoms with van der Waals surface area (Å²) in [5, 5.41) is 16.0. The summed E-state index contributed by atoms with van der Waals surface area (Å²) in [6, 6.07) is 12.5. The lowest BCUT2D eigenvalue weighted by Gasteiger charge is -2.12. The van der Waals surface area contributed by atoms with Gasteiger partial charge in [-0.1, -0.05) is 27.5 Å². The molecule has 4 rings (SSSR count). The molecule has 0 aliphatic heterocycles. The summed E-state index contributed by atoms with van der Waals surface area (Å²) >= 11 is 10.8. The van der Waals surface area contributed by atoms with E-state index in [0.29, 0.717) is 44.1 Å². The van der Waals surface area contributed by atoms with Crippen molar-refractivity contribution < 1.29 is 13.9 Å². The van der Waals surface area contributed by atoms with Crippen molar-refractivity contribution in [1.29, 1.82) is 5.26 Å². The number of fused-ring (bicyclic) bond motifs is 1. The molecule has 10 heteroatoms. The highest BCUT2D eigenvalue weighted by Gasteiger charge is 2.15. The van der Waals surface area contributed by atoms with E-state index in [1.54, 1.807) is 35.7 Å². The topological polar surface area (TPSA) is 97.4 Å². The molecule has 0 aliphatic carbocycles. The lowest BCUT2D eigenvalue weighted by atomic mass is 10.1. The molecule has 0 amide bonds. The number of hydrogen-bond acceptors (Lipinski definition) is 8. The van der Waals surface area contributed by atoms with Gasteiger partial charge in [0.2, 0.25) is 0 Å². The van der Waals surface area contributed by atoms with E-state index in [2.05, 4.69) is 32.3 Å². The fraction of sp³-hybridized carbons (Fsp3) is 0.0870. The van der Waals surface area contributed by atoms with Crippen molar-refractivity contribution in [3.05, 3.63) is 72.9 Å². The van der Waals surface area contributed by atoms with Gasteiger partial charge in [-0.15, -0.1) is 11.3 Å². The van der Waals surface area contributed by atoms with Gasteiger partial charge in [0.05, 0.1) is 36.2 Å². The summed E-state index contributed by atoms with van der Waals surface area (Å²) in [6.07, 6.45) is 1.51. The summed E-state index contributed by atoms with van der Waals surface area (Å²) in [5.41, 5.74) is 1.56. The second-order valence-corrected chi connectivity index (χ2v) is 8.85. The fourth-order valence-corrected chi connectivity index (χ4v) is 4.45. The minimum atomic E-state index is -0.500. The van der Waals surface area contributed by atoms with Crippen LogP contribution in [0, 0.1) is 11.3 Å². The summed E-state index contributed by atoms with van der Waals surface area (Å²) in [7, 11) is 3.02. The van der Waals surface area contributed by atoms with E-state index in [-0.39, 0.29) is 5.57 Å². The molecule has 4 aromatic rings. The van der Waals surface area contributed by atoms with Crippen LogP contribution in [0.1, 0.15) is 5.01 Å². The van der Waals surface area contributed by atoms with Crippen LogP contribution in [-0.4, -0.2) is 19.2 Å². The molecule has 166 valence electrons. The van der Waals surface area contributed by atoms with Crippen LogP contribution in [0.4, 0.5) is 5.69 Å². The zero-order chi connectivity index (χ0) is 23.5. The molecule has 0 saturated carbocycles. The van der Waals surface area contributed by atoms with E-state index in [1.165, 1.54) is 31.8 Å².